The number of aliphatic hydroxyl groups is 1. The van der Waals surface area contributed by atoms with Crippen molar-refractivity contribution in [2.24, 2.45) is 5.73 Å². The van der Waals surface area contributed by atoms with Gasteiger partial charge in [0.05, 0.1) is 23.8 Å². The van der Waals surface area contributed by atoms with Crippen LogP contribution in [-0.4, -0.2) is 23.3 Å². The third-order valence-electron chi connectivity index (χ3n) is 3.01. The molecular weight excluding hydrogens is 252 g/mol. The fourth-order valence-corrected chi connectivity index (χ4v) is 2.37. The van der Waals surface area contributed by atoms with E-state index in [1.54, 1.807) is 14.0 Å². The summed E-state index contributed by atoms with van der Waals surface area (Å²) in [6.45, 7) is 2.96. The Hall–Kier alpha value is -1.23. The van der Waals surface area contributed by atoms with Gasteiger partial charge in [-0.15, -0.1) is 0 Å². The standard InChI is InChI=1S/C13H17ClN2O2/c1-8(17)10-7-16(4-3-15)12-6-11(14)13(18-2)5-9(10)12/h5-8,17H,3-4,15H2,1-2H3. The summed E-state index contributed by atoms with van der Waals surface area (Å²) < 4.78 is 7.21. The molecule has 1 unspecified atom stereocenters. The molecule has 4 nitrogen and oxygen atoms in total. The third kappa shape index (κ3) is 2.19. The molecule has 1 aromatic heterocycles. The molecule has 98 valence electrons. The lowest BCUT2D eigenvalue weighted by Gasteiger charge is -2.07. The van der Waals surface area contributed by atoms with Gasteiger partial charge in [0, 0.05) is 30.2 Å². The first-order valence-electron chi connectivity index (χ1n) is 5.83. The molecular formula is C13H17ClN2O2. The number of aromatic nitrogens is 1. The lowest BCUT2D eigenvalue weighted by atomic mass is 10.1. The van der Waals surface area contributed by atoms with Crippen molar-refractivity contribution in [3.05, 3.63) is 28.9 Å². The number of methoxy groups -OCH3 is 1. The summed E-state index contributed by atoms with van der Waals surface area (Å²) in [6, 6.07) is 3.70. The number of nitrogens with zero attached hydrogens (tertiary/aromatic N) is 1. The maximum absolute atomic E-state index is 9.82. The van der Waals surface area contributed by atoms with Crippen LogP contribution in [0, 0.1) is 0 Å². The van der Waals surface area contributed by atoms with Gasteiger partial charge in [0.2, 0.25) is 0 Å². The fourth-order valence-electron chi connectivity index (χ4n) is 2.13. The number of rotatable bonds is 4. The first kappa shape index (κ1) is 13.2. The Bertz CT molecular complexity index is 564. The van der Waals surface area contributed by atoms with Gasteiger partial charge in [-0.3, -0.25) is 0 Å². The molecule has 3 N–H and O–H groups in total. The molecule has 1 heterocycles. The number of benzene rings is 1. The molecule has 1 atom stereocenters. The minimum absolute atomic E-state index is 0.534. The maximum atomic E-state index is 9.82. The number of fused-ring (bicyclic) bond motifs is 1. The van der Waals surface area contributed by atoms with Gasteiger partial charge in [0.25, 0.3) is 0 Å². The summed E-state index contributed by atoms with van der Waals surface area (Å²) in [6.07, 6.45) is 1.37. The van der Waals surface area contributed by atoms with Gasteiger partial charge in [-0.1, -0.05) is 11.6 Å². The first-order chi connectivity index (χ1) is 8.58. The maximum Gasteiger partial charge on any atom is 0.138 e. The van der Waals surface area contributed by atoms with Gasteiger partial charge >= 0.3 is 0 Å². The number of hydrogen-bond donors (Lipinski definition) is 2. The predicted molar refractivity (Wildman–Crippen MR) is 73.2 cm³/mol. The minimum Gasteiger partial charge on any atom is -0.495 e. The van der Waals surface area contributed by atoms with E-state index in [1.165, 1.54) is 0 Å². The highest BCUT2D eigenvalue weighted by Crippen LogP contribution is 2.34. The van der Waals surface area contributed by atoms with E-state index in [2.05, 4.69) is 0 Å². The van der Waals surface area contributed by atoms with Crippen LogP contribution in [0.2, 0.25) is 5.02 Å². The molecule has 2 aromatic rings. The zero-order chi connectivity index (χ0) is 13.3. The third-order valence-corrected chi connectivity index (χ3v) is 3.30. The van der Waals surface area contributed by atoms with Gasteiger partial charge in [0.1, 0.15) is 5.75 Å². The summed E-state index contributed by atoms with van der Waals surface area (Å²) in [4.78, 5) is 0. The second kappa shape index (κ2) is 5.18. The molecule has 0 aliphatic heterocycles. The smallest absolute Gasteiger partial charge is 0.138 e. The van der Waals surface area contributed by atoms with Crippen molar-refractivity contribution < 1.29 is 9.84 Å². The SMILES string of the molecule is COc1cc2c(C(C)O)cn(CCN)c2cc1Cl. The van der Waals surface area contributed by atoms with Crippen LogP contribution >= 0.6 is 11.6 Å². The van der Waals surface area contributed by atoms with Gasteiger partial charge < -0.3 is 20.1 Å². The van der Waals surface area contributed by atoms with Gasteiger partial charge in [-0.2, -0.15) is 0 Å². The predicted octanol–water partition coefficient (Wildman–Crippen LogP) is 2.32. The average Bonchev–Trinajstić information content (AvgIpc) is 2.67. The van der Waals surface area contributed by atoms with E-state index in [-0.39, 0.29) is 0 Å². The van der Waals surface area contributed by atoms with E-state index in [0.717, 1.165) is 16.5 Å². The molecule has 0 aliphatic carbocycles. The van der Waals surface area contributed by atoms with Crippen molar-refractivity contribution in [1.82, 2.24) is 4.57 Å². The lowest BCUT2D eigenvalue weighted by Crippen LogP contribution is -2.08. The number of halogens is 1. The molecule has 18 heavy (non-hydrogen) atoms. The number of ether oxygens (including phenoxy) is 1. The summed E-state index contributed by atoms with van der Waals surface area (Å²) >= 11 is 6.13. The van der Waals surface area contributed by atoms with Gasteiger partial charge in [0.15, 0.2) is 0 Å². The summed E-state index contributed by atoms with van der Waals surface area (Å²) in [5.41, 5.74) is 7.41. The Morgan fingerprint density at radius 3 is 2.78 bits per heavy atom. The number of hydrogen-bond acceptors (Lipinski definition) is 3. The van der Waals surface area contributed by atoms with Crippen molar-refractivity contribution in [3.8, 4) is 5.75 Å². The second-order valence-corrected chi connectivity index (χ2v) is 4.65. The van der Waals surface area contributed by atoms with Crippen molar-refractivity contribution in [3.63, 3.8) is 0 Å². The Morgan fingerprint density at radius 2 is 2.22 bits per heavy atom. The summed E-state index contributed by atoms with van der Waals surface area (Å²) in [5.74, 6) is 0.608. The van der Waals surface area contributed by atoms with Crippen molar-refractivity contribution >= 4 is 22.5 Å². The van der Waals surface area contributed by atoms with E-state index in [9.17, 15) is 5.11 Å². The monoisotopic (exact) mass is 268 g/mol. The van der Waals surface area contributed by atoms with Crippen LogP contribution in [0.4, 0.5) is 0 Å². The van der Waals surface area contributed by atoms with Crippen LogP contribution in [0.1, 0.15) is 18.6 Å². The normalized spacial score (nSPS) is 12.9. The van der Waals surface area contributed by atoms with Crippen molar-refractivity contribution in [2.75, 3.05) is 13.7 Å². The number of aliphatic hydroxyl groups excluding tert-OH is 1. The van der Waals surface area contributed by atoms with E-state index >= 15 is 0 Å². The van der Waals surface area contributed by atoms with Crippen LogP contribution < -0.4 is 10.5 Å². The highest BCUT2D eigenvalue weighted by molar-refractivity contribution is 6.32. The largest absolute Gasteiger partial charge is 0.495 e. The Labute approximate surface area is 111 Å². The molecule has 5 heteroatoms. The Morgan fingerprint density at radius 1 is 1.50 bits per heavy atom. The molecule has 0 spiro atoms. The van der Waals surface area contributed by atoms with E-state index < -0.39 is 6.10 Å². The molecule has 0 amide bonds. The van der Waals surface area contributed by atoms with Crippen LogP contribution in [0.25, 0.3) is 10.9 Å². The molecule has 0 saturated heterocycles. The van der Waals surface area contributed by atoms with Gasteiger partial charge in [-0.05, 0) is 19.1 Å². The van der Waals surface area contributed by atoms with Crippen LogP contribution in [0.5, 0.6) is 5.75 Å². The molecule has 0 radical (unpaired) electrons. The van der Waals surface area contributed by atoms with Crippen LogP contribution in [0.3, 0.4) is 0 Å². The average molecular weight is 269 g/mol. The summed E-state index contributed by atoms with van der Waals surface area (Å²) in [7, 11) is 1.58. The topological polar surface area (TPSA) is 60.4 Å². The highest BCUT2D eigenvalue weighted by atomic mass is 35.5. The van der Waals surface area contributed by atoms with Crippen LogP contribution in [0.15, 0.2) is 18.3 Å². The lowest BCUT2D eigenvalue weighted by molar-refractivity contribution is 0.200. The molecule has 0 bridgehead atoms. The molecule has 0 aliphatic rings. The van der Waals surface area contributed by atoms with Gasteiger partial charge in [-0.25, -0.2) is 0 Å². The quantitative estimate of drug-likeness (QED) is 0.895. The van der Waals surface area contributed by atoms with E-state index in [0.29, 0.717) is 23.9 Å². The fraction of sp³-hybridized carbons (Fsp3) is 0.385. The zero-order valence-corrected chi connectivity index (χ0v) is 11.2. The second-order valence-electron chi connectivity index (χ2n) is 4.25. The van der Waals surface area contributed by atoms with E-state index in [1.807, 2.05) is 22.9 Å². The molecule has 0 fully saturated rings. The molecule has 2 rings (SSSR count). The molecule has 0 saturated carbocycles. The first-order valence-corrected chi connectivity index (χ1v) is 6.20. The zero-order valence-electron chi connectivity index (χ0n) is 10.5. The van der Waals surface area contributed by atoms with Crippen molar-refractivity contribution in [1.29, 1.82) is 0 Å². The Kier molecular flexibility index (Phi) is 3.80. The van der Waals surface area contributed by atoms with Crippen molar-refractivity contribution in [2.45, 2.75) is 19.6 Å². The van der Waals surface area contributed by atoms with Crippen LogP contribution in [-0.2, 0) is 6.54 Å². The van der Waals surface area contributed by atoms with E-state index in [4.69, 9.17) is 22.1 Å². The molecule has 1 aromatic carbocycles. The highest BCUT2D eigenvalue weighted by Gasteiger charge is 2.15. The summed E-state index contributed by atoms with van der Waals surface area (Å²) in [5, 5.41) is 11.3. The minimum atomic E-state index is -0.544. The Balaban J connectivity index is 2.70. The number of nitrogens with two attached hydrogens (primary N) is 1.